The number of hydrogen-bond donors (Lipinski definition) is 1. The molecule has 1 atom stereocenters. The highest BCUT2D eigenvalue weighted by Crippen LogP contribution is 2.25. The third-order valence-electron chi connectivity index (χ3n) is 4.84. The Bertz CT molecular complexity index is 795. The lowest BCUT2D eigenvalue weighted by atomic mass is 10.1. The van der Waals surface area contributed by atoms with Crippen molar-refractivity contribution in [1.29, 1.82) is 0 Å². The van der Waals surface area contributed by atoms with Gasteiger partial charge in [0, 0.05) is 13.1 Å². The number of carbonyl (C=O) groups excluding carboxylic acids is 2. The third-order valence-corrected chi connectivity index (χ3v) is 4.84. The number of methoxy groups -OCH3 is 1. The Morgan fingerprint density at radius 2 is 1.67 bits per heavy atom. The van der Waals surface area contributed by atoms with Gasteiger partial charge in [0.05, 0.1) is 7.11 Å². The second-order valence-electron chi connectivity index (χ2n) is 6.98. The van der Waals surface area contributed by atoms with Crippen molar-refractivity contribution in [3.63, 3.8) is 0 Å². The van der Waals surface area contributed by atoms with Gasteiger partial charge in [-0.1, -0.05) is 56.3 Å². The number of ether oxygens (including phenoxy) is 2. The molecular weight excluding hydrogens is 380 g/mol. The zero-order valence-corrected chi connectivity index (χ0v) is 18.1. The molecule has 0 radical (unpaired) electrons. The van der Waals surface area contributed by atoms with E-state index in [-0.39, 0.29) is 18.4 Å². The molecule has 6 nitrogen and oxygen atoms in total. The second kappa shape index (κ2) is 12.5. The predicted octanol–water partition coefficient (Wildman–Crippen LogP) is 3.45. The summed E-state index contributed by atoms with van der Waals surface area (Å²) in [7, 11) is 1.56. The van der Waals surface area contributed by atoms with E-state index < -0.39 is 6.04 Å². The van der Waals surface area contributed by atoms with E-state index >= 15 is 0 Å². The zero-order valence-electron chi connectivity index (χ0n) is 18.1. The van der Waals surface area contributed by atoms with Gasteiger partial charge in [-0.2, -0.15) is 0 Å². The van der Waals surface area contributed by atoms with E-state index in [9.17, 15) is 9.59 Å². The van der Waals surface area contributed by atoms with Crippen LogP contribution < -0.4 is 14.8 Å². The average molecular weight is 413 g/mol. The van der Waals surface area contributed by atoms with Crippen molar-refractivity contribution in [2.24, 2.45) is 0 Å². The first-order chi connectivity index (χ1) is 14.6. The van der Waals surface area contributed by atoms with E-state index in [1.165, 1.54) is 0 Å². The van der Waals surface area contributed by atoms with Crippen molar-refractivity contribution in [2.75, 3.05) is 26.8 Å². The van der Waals surface area contributed by atoms with Crippen molar-refractivity contribution in [2.45, 2.75) is 39.2 Å². The van der Waals surface area contributed by atoms with Gasteiger partial charge in [-0.25, -0.2) is 0 Å². The van der Waals surface area contributed by atoms with Gasteiger partial charge in [0.2, 0.25) is 5.91 Å². The summed E-state index contributed by atoms with van der Waals surface area (Å²) in [5.74, 6) is 0.710. The molecule has 2 aromatic carbocycles. The van der Waals surface area contributed by atoms with Gasteiger partial charge in [-0.3, -0.25) is 9.59 Å². The zero-order chi connectivity index (χ0) is 21.8. The molecule has 0 bridgehead atoms. The van der Waals surface area contributed by atoms with Gasteiger partial charge in [0.25, 0.3) is 5.91 Å². The van der Waals surface area contributed by atoms with Crippen molar-refractivity contribution >= 4 is 11.8 Å². The first-order valence-electron chi connectivity index (χ1n) is 10.5. The average Bonchev–Trinajstić information content (AvgIpc) is 2.79. The van der Waals surface area contributed by atoms with Crippen LogP contribution in [-0.2, 0) is 16.0 Å². The first-order valence-corrected chi connectivity index (χ1v) is 10.5. The minimum atomic E-state index is -0.533. The van der Waals surface area contributed by atoms with Crippen LogP contribution >= 0.6 is 0 Å². The Hall–Kier alpha value is -3.02. The molecule has 30 heavy (non-hydrogen) atoms. The molecule has 162 valence electrons. The van der Waals surface area contributed by atoms with E-state index in [0.29, 0.717) is 37.4 Å². The highest BCUT2D eigenvalue weighted by molar-refractivity contribution is 5.88. The Morgan fingerprint density at radius 1 is 1.00 bits per heavy atom. The molecule has 0 aliphatic carbocycles. The van der Waals surface area contributed by atoms with Crippen molar-refractivity contribution in [3.8, 4) is 11.5 Å². The molecule has 1 N–H and O–H groups in total. The van der Waals surface area contributed by atoms with Gasteiger partial charge in [-0.15, -0.1) is 0 Å². The Morgan fingerprint density at radius 3 is 2.30 bits per heavy atom. The van der Waals surface area contributed by atoms with Gasteiger partial charge >= 0.3 is 0 Å². The highest BCUT2D eigenvalue weighted by atomic mass is 16.5. The summed E-state index contributed by atoms with van der Waals surface area (Å²) >= 11 is 0. The number of amides is 2. The van der Waals surface area contributed by atoms with Crippen LogP contribution in [0.3, 0.4) is 0 Å². The molecule has 0 aromatic heterocycles. The topological polar surface area (TPSA) is 67.9 Å². The molecule has 0 heterocycles. The lowest BCUT2D eigenvalue weighted by molar-refractivity contribution is -0.142. The number of nitrogens with zero attached hydrogens (tertiary/aromatic N) is 1. The maximum absolute atomic E-state index is 13.1. The predicted molar refractivity (Wildman–Crippen MR) is 118 cm³/mol. The fraction of sp³-hybridized carbons (Fsp3) is 0.417. The first kappa shape index (κ1) is 23.3. The number of benzene rings is 2. The Labute approximate surface area is 179 Å². The molecule has 0 spiro atoms. The van der Waals surface area contributed by atoms with E-state index in [4.69, 9.17) is 9.47 Å². The van der Waals surface area contributed by atoms with Crippen molar-refractivity contribution < 1.29 is 19.1 Å². The van der Waals surface area contributed by atoms with Crippen LogP contribution in [0, 0.1) is 0 Å². The highest BCUT2D eigenvalue weighted by Gasteiger charge is 2.28. The monoisotopic (exact) mass is 412 g/mol. The Balaban J connectivity index is 2.13. The molecule has 0 aliphatic rings. The summed E-state index contributed by atoms with van der Waals surface area (Å²) < 4.78 is 11.0. The fourth-order valence-corrected chi connectivity index (χ4v) is 3.22. The number of rotatable bonds is 12. The third kappa shape index (κ3) is 6.79. The van der Waals surface area contributed by atoms with Crippen LogP contribution in [0.1, 0.15) is 32.3 Å². The molecule has 0 unspecified atom stereocenters. The SMILES string of the molecule is CCCNC(=O)[C@@H](CC)N(CCc1ccccc1)C(=O)COc1ccccc1OC. The van der Waals surface area contributed by atoms with Crippen LogP contribution in [-0.4, -0.2) is 49.6 Å². The van der Waals surface area contributed by atoms with Crippen LogP contribution in [0.15, 0.2) is 54.6 Å². The second-order valence-corrected chi connectivity index (χ2v) is 6.98. The van der Waals surface area contributed by atoms with E-state index in [1.54, 1.807) is 24.1 Å². The van der Waals surface area contributed by atoms with Gasteiger partial charge in [-0.05, 0) is 37.0 Å². The normalized spacial score (nSPS) is 11.4. The molecule has 2 aromatic rings. The number of carbonyl (C=O) groups is 2. The number of hydrogen-bond acceptors (Lipinski definition) is 4. The summed E-state index contributed by atoms with van der Waals surface area (Å²) in [5.41, 5.74) is 1.12. The van der Waals surface area contributed by atoms with E-state index in [1.807, 2.05) is 56.3 Å². The largest absolute Gasteiger partial charge is 0.493 e. The van der Waals surface area contributed by atoms with E-state index in [2.05, 4.69) is 5.32 Å². The molecule has 2 amide bonds. The maximum atomic E-state index is 13.1. The smallest absolute Gasteiger partial charge is 0.261 e. The van der Waals surface area contributed by atoms with Crippen LogP contribution in [0.25, 0.3) is 0 Å². The standard InChI is InChI=1S/C24H32N2O4/c1-4-16-25-24(28)20(5-2)26(17-15-19-11-7-6-8-12-19)23(27)18-30-22-14-10-9-13-21(22)29-3/h6-14,20H,4-5,15-18H2,1-3H3,(H,25,28)/t20-/m1/s1. The molecule has 0 saturated carbocycles. The van der Waals surface area contributed by atoms with Gasteiger partial charge in [0.1, 0.15) is 6.04 Å². The minimum absolute atomic E-state index is 0.127. The molecule has 6 heteroatoms. The molecular formula is C24H32N2O4. The molecule has 0 aliphatic heterocycles. The molecule has 0 saturated heterocycles. The summed E-state index contributed by atoms with van der Waals surface area (Å²) in [4.78, 5) is 27.4. The summed E-state index contributed by atoms with van der Waals surface area (Å²) in [6.07, 6.45) is 2.04. The van der Waals surface area contributed by atoms with Crippen LogP contribution in [0.4, 0.5) is 0 Å². The quantitative estimate of drug-likeness (QED) is 0.580. The molecule has 2 rings (SSSR count). The fourth-order valence-electron chi connectivity index (χ4n) is 3.22. The van der Waals surface area contributed by atoms with Crippen LogP contribution in [0.2, 0.25) is 0 Å². The minimum Gasteiger partial charge on any atom is -0.493 e. The molecule has 0 fully saturated rings. The Kier molecular flexibility index (Phi) is 9.71. The van der Waals surface area contributed by atoms with Crippen molar-refractivity contribution in [1.82, 2.24) is 10.2 Å². The summed E-state index contributed by atoms with van der Waals surface area (Å²) in [6, 6.07) is 16.6. The van der Waals surface area contributed by atoms with Crippen molar-refractivity contribution in [3.05, 3.63) is 60.2 Å². The lowest BCUT2D eigenvalue weighted by Crippen LogP contribution is -2.51. The lowest BCUT2D eigenvalue weighted by Gasteiger charge is -2.30. The van der Waals surface area contributed by atoms with E-state index in [0.717, 1.165) is 12.0 Å². The number of nitrogens with one attached hydrogen (secondary N) is 1. The van der Waals surface area contributed by atoms with Gasteiger partial charge in [0.15, 0.2) is 18.1 Å². The maximum Gasteiger partial charge on any atom is 0.261 e. The summed E-state index contributed by atoms with van der Waals surface area (Å²) in [6.45, 7) is 4.79. The van der Waals surface area contributed by atoms with Gasteiger partial charge < -0.3 is 19.7 Å². The summed E-state index contributed by atoms with van der Waals surface area (Å²) in [5, 5.41) is 2.92. The van der Waals surface area contributed by atoms with Crippen LogP contribution in [0.5, 0.6) is 11.5 Å². The number of para-hydroxylation sites is 2.